The van der Waals surface area contributed by atoms with Crippen LogP contribution in [0.1, 0.15) is 5.69 Å². The van der Waals surface area contributed by atoms with Gasteiger partial charge >= 0.3 is 0 Å². The third-order valence-corrected chi connectivity index (χ3v) is 2.73. The molecule has 90 valence electrons. The summed E-state index contributed by atoms with van der Waals surface area (Å²) in [5, 5.41) is 1.90. The zero-order valence-corrected chi connectivity index (χ0v) is 9.91. The molecule has 0 radical (unpaired) electrons. The van der Waals surface area contributed by atoms with Crippen LogP contribution in [0.2, 0.25) is 0 Å². The van der Waals surface area contributed by atoms with Crippen molar-refractivity contribution in [2.75, 3.05) is 17.4 Å². The molecule has 2 aromatic heterocycles. The summed E-state index contributed by atoms with van der Waals surface area (Å²) in [4.78, 5) is 13.4. The Labute approximate surface area is 101 Å². The topological polar surface area (TPSA) is 80.0 Å². The lowest BCUT2D eigenvalue weighted by Gasteiger charge is -2.17. The van der Waals surface area contributed by atoms with E-state index >= 15 is 0 Å². The van der Waals surface area contributed by atoms with Crippen LogP contribution in [0.5, 0.6) is 0 Å². The summed E-state index contributed by atoms with van der Waals surface area (Å²) in [5.41, 5.74) is 4.87. The van der Waals surface area contributed by atoms with E-state index in [0.29, 0.717) is 6.54 Å². The summed E-state index contributed by atoms with van der Waals surface area (Å²) in [7, 11) is 1.73. The normalized spacial score (nSPS) is 10.3. The Kier molecular flexibility index (Phi) is 3.45. The van der Waals surface area contributed by atoms with Crippen molar-refractivity contribution in [3.63, 3.8) is 0 Å². The van der Waals surface area contributed by atoms with Crippen LogP contribution in [-0.2, 0) is 6.54 Å². The maximum Gasteiger partial charge on any atom is 0.239 e. The second-order valence-corrected chi connectivity index (χ2v) is 4.06. The zero-order valence-electron chi connectivity index (χ0n) is 9.09. The first-order chi connectivity index (χ1) is 8.20. The van der Waals surface area contributed by atoms with Gasteiger partial charge in [0, 0.05) is 12.4 Å². The van der Waals surface area contributed by atoms with Gasteiger partial charge in [0.05, 0.1) is 23.9 Å². The van der Waals surface area contributed by atoms with E-state index in [1.54, 1.807) is 17.5 Å². The molecule has 0 atom stereocenters. The number of aromatic nitrogens is 3. The molecular formula is C9H11FN6S. The lowest BCUT2D eigenvalue weighted by molar-refractivity contribution is 0.607. The summed E-state index contributed by atoms with van der Waals surface area (Å²) >= 11 is 1.49. The highest BCUT2D eigenvalue weighted by Gasteiger charge is 2.12. The number of hydrogen-bond acceptors (Lipinski definition) is 7. The molecule has 0 amide bonds. The van der Waals surface area contributed by atoms with Crippen molar-refractivity contribution in [3.05, 3.63) is 28.6 Å². The highest BCUT2D eigenvalue weighted by Crippen LogP contribution is 2.17. The molecule has 0 bridgehead atoms. The van der Waals surface area contributed by atoms with Crippen LogP contribution in [0.15, 0.2) is 17.1 Å². The Bertz CT molecular complexity index is 488. The fourth-order valence-electron chi connectivity index (χ4n) is 1.33. The summed E-state index contributed by atoms with van der Waals surface area (Å²) in [6, 6.07) is 0. The number of hydrogen-bond donors (Lipinski definition) is 2. The lowest BCUT2D eigenvalue weighted by Crippen LogP contribution is -2.21. The Morgan fingerprint density at radius 1 is 1.53 bits per heavy atom. The third kappa shape index (κ3) is 2.66. The smallest absolute Gasteiger partial charge is 0.239 e. The summed E-state index contributed by atoms with van der Waals surface area (Å²) < 4.78 is 13.5. The minimum absolute atomic E-state index is 0.173. The monoisotopic (exact) mass is 254 g/mol. The van der Waals surface area contributed by atoms with E-state index in [2.05, 4.69) is 20.4 Å². The quantitative estimate of drug-likeness (QED) is 0.625. The van der Waals surface area contributed by atoms with Crippen molar-refractivity contribution in [1.29, 1.82) is 0 Å². The van der Waals surface area contributed by atoms with E-state index < -0.39 is 5.82 Å². The van der Waals surface area contributed by atoms with Crippen molar-refractivity contribution < 1.29 is 4.39 Å². The molecule has 8 heteroatoms. The van der Waals surface area contributed by atoms with E-state index in [-0.39, 0.29) is 11.8 Å². The van der Waals surface area contributed by atoms with E-state index in [1.807, 2.05) is 5.38 Å². The fourth-order valence-corrected chi connectivity index (χ4v) is 1.88. The number of nitrogen functional groups attached to an aromatic ring is 1. The SMILES string of the molecule is CN(Cc1cscn1)c1nc(NN)ncc1F. The van der Waals surface area contributed by atoms with E-state index in [0.717, 1.165) is 11.9 Å². The van der Waals surface area contributed by atoms with Crippen molar-refractivity contribution in [2.45, 2.75) is 6.54 Å². The Morgan fingerprint density at radius 3 is 3.00 bits per heavy atom. The van der Waals surface area contributed by atoms with Gasteiger partial charge in [-0.05, 0) is 0 Å². The van der Waals surface area contributed by atoms with Gasteiger partial charge in [-0.15, -0.1) is 11.3 Å². The Balaban J connectivity index is 2.20. The van der Waals surface area contributed by atoms with Crippen molar-refractivity contribution in [2.24, 2.45) is 5.84 Å². The van der Waals surface area contributed by atoms with E-state index in [1.165, 1.54) is 11.3 Å². The average molecular weight is 254 g/mol. The number of rotatable bonds is 4. The molecule has 2 aromatic rings. The van der Waals surface area contributed by atoms with Gasteiger partial charge in [-0.25, -0.2) is 20.2 Å². The van der Waals surface area contributed by atoms with Crippen molar-refractivity contribution in [3.8, 4) is 0 Å². The maximum absolute atomic E-state index is 13.5. The highest BCUT2D eigenvalue weighted by atomic mass is 32.1. The molecule has 3 N–H and O–H groups in total. The third-order valence-electron chi connectivity index (χ3n) is 2.10. The van der Waals surface area contributed by atoms with Crippen LogP contribution in [0.25, 0.3) is 0 Å². The van der Waals surface area contributed by atoms with Gasteiger partial charge in [-0.3, -0.25) is 5.43 Å². The number of nitrogens with two attached hydrogens (primary N) is 1. The number of thiazole rings is 1. The van der Waals surface area contributed by atoms with Crippen LogP contribution in [0.3, 0.4) is 0 Å². The Morgan fingerprint density at radius 2 is 2.35 bits per heavy atom. The maximum atomic E-state index is 13.5. The van der Waals surface area contributed by atoms with Gasteiger partial charge < -0.3 is 4.90 Å². The molecule has 0 saturated carbocycles. The molecule has 17 heavy (non-hydrogen) atoms. The van der Waals surface area contributed by atoms with Gasteiger partial charge in [0.2, 0.25) is 5.95 Å². The minimum Gasteiger partial charge on any atom is -0.351 e. The second kappa shape index (κ2) is 5.02. The van der Waals surface area contributed by atoms with Crippen LogP contribution >= 0.6 is 11.3 Å². The predicted octanol–water partition coefficient (Wildman–Crippen LogP) is 0.994. The Hall–Kier alpha value is -1.80. The first kappa shape index (κ1) is 11.7. The van der Waals surface area contributed by atoms with Gasteiger partial charge in [0.1, 0.15) is 0 Å². The van der Waals surface area contributed by atoms with E-state index in [9.17, 15) is 4.39 Å². The van der Waals surface area contributed by atoms with Crippen molar-refractivity contribution in [1.82, 2.24) is 15.0 Å². The number of halogens is 1. The first-order valence-electron chi connectivity index (χ1n) is 4.78. The van der Waals surface area contributed by atoms with Gasteiger partial charge in [-0.2, -0.15) is 4.98 Å². The van der Waals surface area contributed by atoms with Gasteiger partial charge in [0.15, 0.2) is 11.6 Å². The zero-order chi connectivity index (χ0) is 12.3. The molecule has 2 rings (SSSR count). The van der Waals surface area contributed by atoms with Crippen LogP contribution in [0, 0.1) is 5.82 Å². The molecule has 0 fully saturated rings. The largest absolute Gasteiger partial charge is 0.351 e. The molecular weight excluding hydrogens is 243 g/mol. The van der Waals surface area contributed by atoms with Gasteiger partial charge in [-0.1, -0.05) is 0 Å². The number of nitrogens with zero attached hydrogens (tertiary/aromatic N) is 4. The predicted molar refractivity (Wildman–Crippen MR) is 64.0 cm³/mol. The molecule has 0 aliphatic carbocycles. The van der Waals surface area contributed by atoms with Gasteiger partial charge in [0.25, 0.3) is 0 Å². The molecule has 6 nitrogen and oxygen atoms in total. The van der Waals surface area contributed by atoms with Crippen molar-refractivity contribution >= 4 is 23.1 Å². The molecule has 0 aliphatic rings. The molecule has 0 aromatic carbocycles. The standard InChI is InChI=1S/C9H11FN6S/c1-16(3-6-4-17-5-13-6)8-7(10)2-12-9(14-8)15-11/h2,4-5H,3,11H2,1H3,(H,12,14,15). The molecule has 2 heterocycles. The second-order valence-electron chi connectivity index (χ2n) is 3.35. The number of hydrazine groups is 1. The first-order valence-corrected chi connectivity index (χ1v) is 5.72. The number of nitrogens with one attached hydrogen (secondary N) is 1. The summed E-state index contributed by atoms with van der Waals surface area (Å²) in [6.45, 7) is 0.474. The van der Waals surface area contributed by atoms with Crippen LogP contribution in [0.4, 0.5) is 16.2 Å². The highest BCUT2D eigenvalue weighted by molar-refractivity contribution is 7.07. The lowest BCUT2D eigenvalue weighted by atomic mass is 10.4. The minimum atomic E-state index is -0.498. The van der Waals surface area contributed by atoms with Crippen LogP contribution < -0.4 is 16.2 Å². The summed E-state index contributed by atoms with van der Waals surface area (Å²) in [5.74, 6) is 5.03. The van der Waals surface area contributed by atoms with Crippen LogP contribution in [-0.4, -0.2) is 22.0 Å². The summed E-state index contributed by atoms with van der Waals surface area (Å²) in [6.07, 6.45) is 1.08. The van der Waals surface area contributed by atoms with E-state index in [4.69, 9.17) is 5.84 Å². The number of anilines is 2. The molecule has 0 spiro atoms. The fraction of sp³-hybridized carbons (Fsp3) is 0.222. The molecule has 0 unspecified atom stereocenters. The molecule has 0 aliphatic heterocycles. The average Bonchev–Trinajstić information content (AvgIpc) is 2.82. The molecule has 0 saturated heterocycles.